The molecule has 36 heavy (non-hydrogen) atoms. The Labute approximate surface area is 204 Å². The maximum atomic E-state index is 11.1. The summed E-state index contributed by atoms with van der Waals surface area (Å²) in [6.07, 6.45) is 0. The van der Waals surface area contributed by atoms with Gasteiger partial charge >= 0.3 is 0 Å². The first-order chi connectivity index (χ1) is 17.3. The van der Waals surface area contributed by atoms with Crippen molar-refractivity contribution in [1.29, 1.82) is 0 Å². The fraction of sp³-hybridized carbons (Fsp3) is 0. The summed E-state index contributed by atoms with van der Waals surface area (Å²) in [5.41, 5.74) is 2.14. The first-order valence-electron chi connectivity index (χ1n) is 11.2. The number of rotatable bonds is 2. The van der Waals surface area contributed by atoms with E-state index in [9.17, 15) is 30.6 Å². The van der Waals surface area contributed by atoms with Crippen molar-refractivity contribution in [3.63, 3.8) is 0 Å². The molecule has 6 heteroatoms. The lowest BCUT2D eigenvalue weighted by atomic mass is 9.93. The molecule has 0 saturated heterocycles. The zero-order valence-electron chi connectivity index (χ0n) is 18.8. The Balaban J connectivity index is 1.50. The SMILES string of the molecule is Oc1ccc2c(O)cc(-c3ccc4c(O)c(-c5ccc6c(O)ccc(O)c6c5)ccc4c3O)cc2c1. The quantitative estimate of drug-likeness (QED) is 0.154. The number of benzene rings is 6. The fourth-order valence-electron chi connectivity index (χ4n) is 4.82. The highest BCUT2D eigenvalue weighted by Crippen LogP contribution is 2.45. The Kier molecular flexibility index (Phi) is 4.59. The fourth-order valence-corrected chi connectivity index (χ4v) is 4.82. The van der Waals surface area contributed by atoms with Crippen molar-refractivity contribution in [2.75, 3.05) is 0 Å². The van der Waals surface area contributed by atoms with Crippen LogP contribution in [0.15, 0.2) is 84.9 Å². The van der Waals surface area contributed by atoms with Crippen LogP contribution in [0.25, 0.3) is 54.6 Å². The minimum absolute atomic E-state index is 0.0131. The van der Waals surface area contributed by atoms with Gasteiger partial charge in [-0.05, 0) is 95.4 Å². The molecule has 176 valence electrons. The van der Waals surface area contributed by atoms with Gasteiger partial charge in [-0.1, -0.05) is 6.07 Å². The second-order valence-corrected chi connectivity index (χ2v) is 8.78. The van der Waals surface area contributed by atoms with Gasteiger partial charge in [-0.25, -0.2) is 0 Å². The van der Waals surface area contributed by atoms with E-state index in [1.807, 2.05) is 0 Å². The molecule has 0 aliphatic rings. The first kappa shape index (κ1) is 21.4. The average molecular weight is 476 g/mol. The zero-order chi connectivity index (χ0) is 25.1. The van der Waals surface area contributed by atoms with E-state index in [0.717, 1.165) is 0 Å². The van der Waals surface area contributed by atoms with Gasteiger partial charge in [0.05, 0.1) is 0 Å². The predicted molar refractivity (Wildman–Crippen MR) is 140 cm³/mol. The van der Waals surface area contributed by atoms with Crippen LogP contribution in [0.3, 0.4) is 0 Å². The number of aromatic hydroxyl groups is 6. The van der Waals surface area contributed by atoms with Crippen LogP contribution in [0.2, 0.25) is 0 Å². The van der Waals surface area contributed by atoms with Gasteiger partial charge in [0.15, 0.2) is 0 Å². The lowest BCUT2D eigenvalue weighted by molar-refractivity contribution is 0.469. The molecule has 6 nitrogen and oxygen atoms in total. The monoisotopic (exact) mass is 476 g/mol. The Bertz CT molecular complexity index is 1860. The van der Waals surface area contributed by atoms with Crippen LogP contribution < -0.4 is 0 Å². The summed E-state index contributed by atoms with van der Waals surface area (Å²) in [6, 6.07) is 22.6. The number of phenolic OH excluding ortho intramolecular Hbond substituents is 6. The minimum Gasteiger partial charge on any atom is -0.508 e. The molecule has 0 amide bonds. The van der Waals surface area contributed by atoms with Gasteiger partial charge in [0.1, 0.15) is 34.5 Å². The lowest BCUT2D eigenvalue weighted by Gasteiger charge is -2.14. The molecule has 0 atom stereocenters. The highest BCUT2D eigenvalue weighted by Gasteiger charge is 2.17. The van der Waals surface area contributed by atoms with Crippen molar-refractivity contribution < 1.29 is 30.6 Å². The third-order valence-corrected chi connectivity index (χ3v) is 6.65. The van der Waals surface area contributed by atoms with E-state index >= 15 is 0 Å². The summed E-state index contributed by atoms with van der Waals surface area (Å²) in [5.74, 6) is 0.0415. The van der Waals surface area contributed by atoms with Crippen molar-refractivity contribution >= 4 is 32.3 Å². The number of phenols is 6. The predicted octanol–water partition coefficient (Wildman–Crippen LogP) is 6.71. The largest absolute Gasteiger partial charge is 0.508 e. The molecule has 0 unspecified atom stereocenters. The number of hydrogen-bond donors (Lipinski definition) is 6. The molecular formula is C30H20O6. The maximum absolute atomic E-state index is 11.1. The molecule has 0 saturated carbocycles. The van der Waals surface area contributed by atoms with Crippen LogP contribution in [-0.4, -0.2) is 30.6 Å². The maximum Gasteiger partial charge on any atom is 0.131 e. The van der Waals surface area contributed by atoms with Crippen molar-refractivity contribution in [2.24, 2.45) is 0 Å². The third-order valence-electron chi connectivity index (χ3n) is 6.65. The van der Waals surface area contributed by atoms with E-state index in [1.165, 1.54) is 24.3 Å². The molecule has 6 aromatic rings. The van der Waals surface area contributed by atoms with Crippen LogP contribution in [0, 0.1) is 0 Å². The Hall–Kier alpha value is -5.10. The van der Waals surface area contributed by atoms with E-state index < -0.39 is 0 Å². The summed E-state index contributed by atoms with van der Waals surface area (Å²) in [5, 5.41) is 65.9. The highest BCUT2D eigenvalue weighted by molar-refractivity contribution is 6.04. The van der Waals surface area contributed by atoms with Gasteiger partial charge in [-0.3, -0.25) is 0 Å². The average Bonchev–Trinajstić information content (AvgIpc) is 2.86. The van der Waals surface area contributed by atoms with E-state index in [1.54, 1.807) is 60.7 Å². The van der Waals surface area contributed by atoms with E-state index in [4.69, 9.17) is 0 Å². The van der Waals surface area contributed by atoms with Crippen molar-refractivity contribution in [2.45, 2.75) is 0 Å². The molecule has 0 aromatic heterocycles. The second kappa shape index (κ2) is 7.71. The standard InChI is InChI=1S/C30H20O6/c31-18-2-4-19-16(12-18)11-17(14-28(19)34)21-6-8-23-24(30(21)36)7-5-20(29(23)35)15-1-3-22-25(13-15)27(33)10-9-26(22)32/h1-14,31-36H. The Morgan fingerprint density at radius 3 is 1.64 bits per heavy atom. The molecular weight excluding hydrogens is 456 g/mol. The second-order valence-electron chi connectivity index (χ2n) is 8.78. The lowest BCUT2D eigenvalue weighted by Crippen LogP contribution is -1.87. The minimum atomic E-state index is -0.0608. The van der Waals surface area contributed by atoms with Gasteiger partial charge in [0, 0.05) is 38.1 Å². The highest BCUT2D eigenvalue weighted by atomic mass is 16.3. The molecule has 6 rings (SSSR count). The van der Waals surface area contributed by atoms with Gasteiger partial charge < -0.3 is 30.6 Å². The van der Waals surface area contributed by atoms with Crippen LogP contribution in [0.5, 0.6) is 34.5 Å². The number of fused-ring (bicyclic) bond motifs is 3. The van der Waals surface area contributed by atoms with Gasteiger partial charge in [0.2, 0.25) is 0 Å². The Morgan fingerprint density at radius 2 is 0.944 bits per heavy atom. The summed E-state index contributed by atoms with van der Waals surface area (Å²) < 4.78 is 0. The van der Waals surface area contributed by atoms with Crippen molar-refractivity contribution in [1.82, 2.24) is 0 Å². The van der Waals surface area contributed by atoms with Crippen molar-refractivity contribution in [3.8, 4) is 56.8 Å². The first-order valence-corrected chi connectivity index (χ1v) is 11.2. The topological polar surface area (TPSA) is 121 Å². The third kappa shape index (κ3) is 3.20. The molecule has 0 spiro atoms. The van der Waals surface area contributed by atoms with Gasteiger partial charge in [-0.2, -0.15) is 0 Å². The molecule has 0 bridgehead atoms. The van der Waals surface area contributed by atoms with E-state index in [2.05, 4.69) is 0 Å². The summed E-state index contributed by atoms with van der Waals surface area (Å²) in [6.45, 7) is 0. The van der Waals surface area contributed by atoms with Crippen LogP contribution in [0.4, 0.5) is 0 Å². The van der Waals surface area contributed by atoms with Crippen LogP contribution >= 0.6 is 0 Å². The normalized spacial score (nSPS) is 11.4. The molecule has 0 fully saturated rings. The smallest absolute Gasteiger partial charge is 0.131 e. The molecule has 0 heterocycles. The van der Waals surface area contributed by atoms with Gasteiger partial charge in [0.25, 0.3) is 0 Å². The van der Waals surface area contributed by atoms with E-state index in [0.29, 0.717) is 54.6 Å². The van der Waals surface area contributed by atoms with Crippen molar-refractivity contribution in [3.05, 3.63) is 84.9 Å². The molecule has 0 aliphatic carbocycles. The molecule has 0 radical (unpaired) electrons. The zero-order valence-corrected chi connectivity index (χ0v) is 18.8. The van der Waals surface area contributed by atoms with E-state index in [-0.39, 0.29) is 34.5 Å². The summed E-state index contributed by atoms with van der Waals surface area (Å²) in [7, 11) is 0. The molecule has 6 N–H and O–H groups in total. The van der Waals surface area contributed by atoms with Gasteiger partial charge in [-0.15, -0.1) is 0 Å². The summed E-state index contributed by atoms with van der Waals surface area (Å²) >= 11 is 0. The summed E-state index contributed by atoms with van der Waals surface area (Å²) in [4.78, 5) is 0. The molecule has 0 aliphatic heterocycles. The Morgan fingerprint density at radius 1 is 0.361 bits per heavy atom. The van der Waals surface area contributed by atoms with Crippen LogP contribution in [0.1, 0.15) is 0 Å². The number of hydrogen-bond acceptors (Lipinski definition) is 6. The molecule has 6 aromatic carbocycles. The van der Waals surface area contributed by atoms with Crippen LogP contribution in [-0.2, 0) is 0 Å².